The van der Waals surface area contributed by atoms with E-state index < -0.39 is 11.4 Å². The maximum atomic E-state index is 10.3. The molecule has 0 aromatic carbocycles. The van der Waals surface area contributed by atoms with Crippen molar-refractivity contribution in [1.82, 2.24) is 0 Å². The van der Waals surface area contributed by atoms with Crippen LogP contribution in [0.25, 0.3) is 0 Å². The third-order valence-electron chi connectivity index (χ3n) is 3.53. The van der Waals surface area contributed by atoms with Gasteiger partial charge in [0.15, 0.2) is 5.79 Å². The van der Waals surface area contributed by atoms with Crippen molar-refractivity contribution in [3.05, 3.63) is 12.7 Å². The van der Waals surface area contributed by atoms with Crippen LogP contribution in [0, 0.1) is 5.92 Å². The molecule has 1 spiro atoms. The lowest BCUT2D eigenvalue weighted by molar-refractivity contribution is -0.219. The number of hydrogen-bond donors (Lipinski definition) is 1. The van der Waals surface area contributed by atoms with Crippen LogP contribution in [-0.4, -0.2) is 29.7 Å². The third-order valence-corrected chi connectivity index (χ3v) is 3.53. The Labute approximate surface area is 84.7 Å². The van der Waals surface area contributed by atoms with E-state index in [9.17, 15) is 5.11 Å². The highest BCUT2D eigenvalue weighted by Gasteiger charge is 2.49. The molecule has 0 aromatic rings. The molecule has 1 aliphatic heterocycles. The number of aliphatic hydroxyl groups is 1. The van der Waals surface area contributed by atoms with Gasteiger partial charge in [-0.25, -0.2) is 0 Å². The van der Waals surface area contributed by atoms with E-state index in [1.165, 1.54) is 0 Å². The Hall–Kier alpha value is -0.380. The molecule has 1 heterocycles. The van der Waals surface area contributed by atoms with Gasteiger partial charge in [0.2, 0.25) is 0 Å². The Morgan fingerprint density at radius 1 is 1.43 bits per heavy atom. The summed E-state index contributed by atoms with van der Waals surface area (Å²) < 4.78 is 11.2. The van der Waals surface area contributed by atoms with Crippen LogP contribution >= 0.6 is 0 Å². The zero-order chi connectivity index (χ0) is 10.2. The SMILES string of the molecule is C=CC1(O)CC2(CCC1C)OCCO2. The van der Waals surface area contributed by atoms with Crippen LogP contribution < -0.4 is 0 Å². The molecular weight excluding hydrogens is 180 g/mol. The first kappa shape index (κ1) is 10.1. The minimum absolute atomic E-state index is 0.235. The molecule has 2 rings (SSSR count). The van der Waals surface area contributed by atoms with Gasteiger partial charge >= 0.3 is 0 Å². The molecule has 0 aromatic heterocycles. The molecule has 14 heavy (non-hydrogen) atoms. The Morgan fingerprint density at radius 2 is 2.07 bits per heavy atom. The monoisotopic (exact) mass is 198 g/mol. The zero-order valence-electron chi connectivity index (χ0n) is 8.66. The van der Waals surface area contributed by atoms with E-state index >= 15 is 0 Å². The first-order valence-electron chi connectivity index (χ1n) is 5.24. The van der Waals surface area contributed by atoms with Crippen molar-refractivity contribution < 1.29 is 14.6 Å². The smallest absolute Gasteiger partial charge is 0.171 e. The van der Waals surface area contributed by atoms with E-state index in [-0.39, 0.29) is 5.92 Å². The lowest BCUT2D eigenvalue weighted by atomic mass is 9.73. The number of rotatable bonds is 1. The Balaban J connectivity index is 2.16. The molecule has 0 amide bonds. The van der Waals surface area contributed by atoms with Crippen LogP contribution in [0.15, 0.2) is 12.7 Å². The largest absolute Gasteiger partial charge is 0.385 e. The van der Waals surface area contributed by atoms with E-state index in [4.69, 9.17) is 9.47 Å². The lowest BCUT2D eigenvalue weighted by Gasteiger charge is -2.44. The molecule has 1 aliphatic carbocycles. The summed E-state index contributed by atoms with van der Waals surface area (Å²) in [6, 6.07) is 0. The molecule has 1 saturated carbocycles. The van der Waals surface area contributed by atoms with Gasteiger partial charge < -0.3 is 14.6 Å². The second-order valence-corrected chi connectivity index (χ2v) is 4.42. The van der Waals surface area contributed by atoms with Crippen LogP contribution in [-0.2, 0) is 9.47 Å². The topological polar surface area (TPSA) is 38.7 Å². The van der Waals surface area contributed by atoms with Gasteiger partial charge in [0.05, 0.1) is 18.8 Å². The molecule has 2 atom stereocenters. The predicted molar refractivity (Wildman–Crippen MR) is 52.8 cm³/mol. The van der Waals surface area contributed by atoms with Crippen molar-refractivity contribution in [2.75, 3.05) is 13.2 Å². The molecular formula is C11H18O3. The summed E-state index contributed by atoms with van der Waals surface area (Å²) in [6.07, 6.45) is 3.95. The van der Waals surface area contributed by atoms with Gasteiger partial charge in [-0.2, -0.15) is 0 Å². The van der Waals surface area contributed by atoms with E-state index in [0.717, 1.165) is 12.8 Å². The highest BCUT2D eigenvalue weighted by atomic mass is 16.7. The minimum Gasteiger partial charge on any atom is -0.385 e. The van der Waals surface area contributed by atoms with Crippen LogP contribution in [0.2, 0.25) is 0 Å². The summed E-state index contributed by atoms with van der Waals surface area (Å²) in [7, 11) is 0. The molecule has 3 nitrogen and oxygen atoms in total. The van der Waals surface area contributed by atoms with Gasteiger partial charge in [-0.1, -0.05) is 13.0 Å². The average molecular weight is 198 g/mol. The summed E-state index contributed by atoms with van der Waals surface area (Å²) in [5, 5.41) is 10.3. The second kappa shape index (κ2) is 3.33. The fourth-order valence-corrected chi connectivity index (χ4v) is 2.40. The van der Waals surface area contributed by atoms with E-state index in [1.54, 1.807) is 6.08 Å². The van der Waals surface area contributed by atoms with Crippen molar-refractivity contribution in [3.63, 3.8) is 0 Å². The van der Waals surface area contributed by atoms with Gasteiger partial charge in [-0.05, 0) is 12.3 Å². The van der Waals surface area contributed by atoms with Crippen LogP contribution in [0.4, 0.5) is 0 Å². The van der Waals surface area contributed by atoms with E-state index in [2.05, 4.69) is 6.58 Å². The molecule has 0 radical (unpaired) electrons. The molecule has 2 aliphatic rings. The number of ether oxygens (including phenoxy) is 2. The highest BCUT2D eigenvalue weighted by Crippen LogP contribution is 2.44. The van der Waals surface area contributed by atoms with Gasteiger partial charge in [-0.3, -0.25) is 0 Å². The number of hydrogen-bond acceptors (Lipinski definition) is 3. The Bertz CT molecular complexity index is 233. The second-order valence-electron chi connectivity index (χ2n) is 4.42. The molecule has 2 unspecified atom stereocenters. The average Bonchev–Trinajstić information content (AvgIpc) is 2.61. The minimum atomic E-state index is -0.831. The summed E-state index contributed by atoms with van der Waals surface area (Å²) in [4.78, 5) is 0. The summed E-state index contributed by atoms with van der Waals surface area (Å²) in [6.45, 7) is 7.03. The maximum Gasteiger partial charge on any atom is 0.171 e. The van der Waals surface area contributed by atoms with Crippen LogP contribution in [0.5, 0.6) is 0 Å². The molecule has 0 bridgehead atoms. The fourth-order valence-electron chi connectivity index (χ4n) is 2.40. The van der Waals surface area contributed by atoms with Gasteiger partial charge in [0.1, 0.15) is 0 Å². The van der Waals surface area contributed by atoms with Gasteiger partial charge in [-0.15, -0.1) is 6.58 Å². The highest BCUT2D eigenvalue weighted by molar-refractivity contribution is 5.06. The van der Waals surface area contributed by atoms with E-state index in [0.29, 0.717) is 19.6 Å². The zero-order valence-corrected chi connectivity index (χ0v) is 8.66. The Kier molecular flexibility index (Phi) is 2.41. The van der Waals surface area contributed by atoms with Crippen molar-refractivity contribution >= 4 is 0 Å². The van der Waals surface area contributed by atoms with Crippen molar-refractivity contribution in [1.29, 1.82) is 0 Å². The van der Waals surface area contributed by atoms with Crippen LogP contribution in [0.3, 0.4) is 0 Å². The molecule has 2 fully saturated rings. The summed E-state index contributed by atoms with van der Waals surface area (Å²) >= 11 is 0. The Morgan fingerprint density at radius 3 is 2.64 bits per heavy atom. The van der Waals surface area contributed by atoms with Gasteiger partial charge in [0, 0.05) is 12.8 Å². The quantitative estimate of drug-likeness (QED) is 0.648. The van der Waals surface area contributed by atoms with Gasteiger partial charge in [0.25, 0.3) is 0 Å². The van der Waals surface area contributed by atoms with Crippen LogP contribution in [0.1, 0.15) is 26.2 Å². The molecule has 1 saturated heterocycles. The molecule has 80 valence electrons. The van der Waals surface area contributed by atoms with Crippen molar-refractivity contribution in [2.24, 2.45) is 5.92 Å². The van der Waals surface area contributed by atoms with E-state index in [1.807, 2.05) is 6.92 Å². The standard InChI is InChI=1S/C11H18O3/c1-3-10(12)8-11(5-4-9(10)2)13-6-7-14-11/h3,9,12H,1,4-8H2,2H3. The predicted octanol–water partition coefficient (Wildman–Crippen LogP) is 1.47. The first-order valence-corrected chi connectivity index (χ1v) is 5.24. The summed E-state index contributed by atoms with van der Waals surface area (Å²) in [5.41, 5.74) is -0.831. The molecule has 3 heteroatoms. The van der Waals surface area contributed by atoms with Crippen molar-refractivity contribution in [3.8, 4) is 0 Å². The third kappa shape index (κ3) is 1.49. The lowest BCUT2D eigenvalue weighted by Crippen LogP contribution is -2.49. The first-order chi connectivity index (χ1) is 6.60. The normalized spacial score (nSPS) is 41.4. The maximum absolute atomic E-state index is 10.3. The fraction of sp³-hybridized carbons (Fsp3) is 0.818. The molecule has 1 N–H and O–H groups in total. The summed E-state index contributed by atoms with van der Waals surface area (Å²) in [5.74, 6) is -0.298. The van der Waals surface area contributed by atoms with Crippen molar-refractivity contribution in [2.45, 2.75) is 37.6 Å².